The molecule has 0 spiro atoms. The van der Waals surface area contributed by atoms with Gasteiger partial charge in [-0.3, -0.25) is 0 Å². The summed E-state index contributed by atoms with van der Waals surface area (Å²) >= 11 is 5.50. The van der Waals surface area contributed by atoms with Crippen LogP contribution in [0.5, 0.6) is 0 Å². The summed E-state index contributed by atoms with van der Waals surface area (Å²) in [6.45, 7) is -1.02. The van der Waals surface area contributed by atoms with Crippen molar-refractivity contribution in [1.29, 1.82) is 0 Å². The van der Waals surface area contributed by atoms with Crippen LogP contribution in [-0.2, 0) is 4.74 Å². The monoisotopic (exact) mass is 301 g/mol. The summed E-state index contributed by atoms with van der Waals surface area (Å²) in [4.78, 5) is 10.9. The van der Waals surface area contributed by atoms with Crippen molar-refractivity contribution in [3.8, 4) is 0 Å². The van der Waals surface area contributed by atoms with Crippen molar-refractivity contribution in [2.24, 2.45) is 0 Å². The summed E-state index contributed by atoms with van der Waals surface area (Å²) in [7, 11) is 0. The van der Waals surface area contributed by atoms with Crippen LogP contribution in [-0.4, -0.2) is 18.6 Å². The predicted molar refractivity (Wildman–Crippen MR) is 60.8 cm³/mol. The van der Waals surface area contributed by atoms with Gasteiger partial charge in [-0.05, 0) is 17.7 Å². The van der Waals surface area contributed by atoms with Gasteiger partial charge in [-0.15, -0.1) is 12.4 Å². The first-order valence-corrected chi connectivity index (χ1v) is 5.04. The molecular formula is C10H8Cl2F3NO2. The molecule has 0 radical (unpaired) electrons. The highest BCUT2D eigenvalue weighted by Crippen LogP contribution is 2.35. The number of hydrogen-bond acceptors (Lipinski definition) is 2. The zero-order chi connectivity index (χ0) is 12.6. The van der Waals surface area contributed by atoms with Crippen LogP contribution in [0.1, 0.15) is 11.6 Å². The first-order chi connectivity index (χ1) is 7.90. The molecule has 1 fully saturated rings. The molecule has 1 atom stereocenters. The second-order valence-corrected chi connectivity index (χ2v) is 4.00. The Morgan fingerprint density at radius 2 is 2.11 bits per heavy atom. The molecule has 0 aromatic heterocycles. The van der Waals surface area contributed by atoms with Crippen molar-refractivity contribution in [3.05, 3.63) is 34.6 Å². The topological polar surface area (TPSA) is 38.3 Å². The molecule has 0 aliphatic carbocycles. The van der Waals surface area contributed by atoms with Crippen molar-refractivity contribution < 1.29 is 22.7 Å². The minimum Gasteiger partial charge on any atom is -0.443 e. The van der Waals surface area contributed by atoms with Crippen molar-refractivity contribution in [2.75, 3.05) is 6.61 Å². The zero-order valence-electron chi connectivity index (χ0n) is 8.75. The van der Waals surface area contributed by atoms with Crippen LogP contribution in [0.4, 0.5) is 18.0 Å². The SMILES string of the molecule is Cl.O=C1N[C@H](c2ccc(F)c(Cl)c2)C(F)(F)CO1. The van der Waals surface area contributed by atoms with Crippen LogP contribution in [0.2, 0.25) is 5.02 Å². The molecule has 1 heterocycles. The fourth-order valence-electron chi connectivity index (χ4n) is 1.53. The fourth-order valence-corrected chi connectivity index (χ4v) is 1.72. The summed E-state index contributed by atoms with van der Waals surface area (Å²) in [6.07, 6.45) is -0.943. The third-order valence-corrected chi connectivity index (χ3v) is 2.65. The van der Waals surface area contributed by atoms with E-state index in [-0.39, 0.29) is 23.0 Å². The van der Waals surface area contributed by atoms with Crippen molar-refractivity contribution in [3.63, 3.8) is 0 Å². The average molecular weight is 302 g/mol. The van der Waals surface area contributed by atoms with Crippen LogP contribution in [0.3, 0.4) is 0 Å². The lowest BCUT2D eigenvalue weighted by Gasteiger charge is -2.31. The van der Waals surface area contributed by atoms with Gasteiger partial charge in [-0.2, -0.15) is 0 Å². The van der Waals surface area contributed by atoms with Gasteiger partial charge in [0.15, 0.2) is 6.61 Å². The van der Waals surface area contributed by atoms with Crippen LogP contribution < -0.4 is 5.32 Å². The van der Waals surface area contributed by atoms with E-state index >= 15 is 0 Å². The van der Waals surface area contributed by atoms with Crippen molar-refractivity contribution >= 4 is 30.1 Å². The van der Waals surface area contributed by atoms with Gasteiger partial charge in [0.05, 0.1) is 5.02 Å². The molecule has 8 heteroatoms. The van der Waals surface area contributed by atoms with E-state index in [9.17, 15) is 18.0 Å². The van der Waals surface area contributed by atoms with E-state index in [0.29, 0.717) is 0 Å². The molecule has 1 N–H and O–H groups in total. The van der Waals surface area contributed by atoms with Crippen LogP contribution in [0.15, 0.2) is 18.2 Å². The van der Waals surface area contributed by atoms with Crippen molar-refractivity contribution in [1.82, 2.24) is 5.32 Å². The highest BCUT2D eigenvalue weighted by atomic mass is 35.5. The van der Waals surface area contributed by atoms with Gasteiger partial charge in [-0.1, -0.05) is 17.7 Å². The minimum atomic E-state index is -3.27. The molecule has 0 saturated carbocycles. The Bertz CT molecular complexity index is 470. The number of alkyl halides is 2. The first kappa shape index (κ1) is 14.9. The number of ether oxygens (including phenoxy) is 1. The zero-order valence-corrected chi connectivity index (χ0v) is 10.3. The van der Waals surface area contributed by atoms with Crippen molar-refractivity contribution in [2.45, 2.75) is 12.0 Å². The molecule has 1 aliphatic rings. The lowest BCUT2D eigenvalue weighted by Crippen LogP contribution is -2.49. The molecule has 1 saturated heterocycles. The Morgan fingerprint density at radius 3 is 2.72 bits per heavy atom. The van der Waals surface area contributed by atoms with Gasteiger partial charge in [0.1, 0.15) is 11.9 Å². The second kappa shape index (κ2) is 5.24. The third kappa shape index (κ3) is 2.81. The van der Waals surface area contributed by atoms with E-state index in [4.69, 9.17) is 11.6 Å². The van der Waals surface area contributed by atoms with Gasteiger partial charge < -0.3 is 10.1 Å². The number of halogens is 5. The Morgan fingerprint density at radius 1 is 1.44 bits per heavy atom. The predicted octanol–water partition coefficient (Wildman–Crippen LogP) is 3.32. The molecule has 1 aliphatic heterocycles. The summed E-state index contributed by atoms with van der Waals surface area (Å²) in [5, 5.41) is 1.70. The number of rotatable bonds is 1. The Balaban J connectivity index is 0.00000162. The number of carbonyl (C=O) groups is 1. The Hall–Kier alpha value is -1.14. The molecular weight excluding hydrogens is 294 g/mol. The average Bonchev–Trinajstić information content (AvgIpc) is 2.26. The van der Waals surface area contributed by atoms with E-state index in [1.54, 1.807) is 0 Å². The van der Waals surface area contributed by atoms with Gasteiger partial charge in [0.25, 0.3) is 0 Å². The normalized spacial score (nSPS) is 21.6. The molecule has 0 unspecified atom stereocenters. The molecule has 1 aromatic rings. The highest BCUT2D eigenvalue weighted by Gasteiger charge is 2.46. The molecule has 1 aromatic carbocycles. The lowest BCUT2D eigenvalue weighted by atomic mass is 10.0. The van der Waals surface area contributed by atoms with E-state index in [2.05, 4.69) is 4.74 Å². The summed E-state index contributed by atoms with van der Waals surface area (Å²) < 4.78 is 44.1. The van der Waals surface area contributed by atoms with E-state index in [1.165, 1.54) is 0 Å². The lowest BCUT2D eigenvalue weighted by molar-refractivity contribution is -0.104. The largest absolute Gasteiger partial charge is 0.443 e. The Labute approximate surface area is 112 Å². The summed E-state index contributed by atoms with van der Waals surface area (Å²) in [5.41, 5.74) is 0.0260. The number of carbonyl (C=O) groups excluding carboxylic acids is 1. The number of cyclic esters (lactones) is 1. The summed E-state index contributed by atoms with van der Waals surface area (Å²) in [6, 6.07) is 1.60. The van der Waals surface area contributed by atoms with Crippen LogP contribution in [0, 0.1) is 5.82 Å². The molecule has 2 rings (SSSR count). The third-order valence-electron chi connectivity index (χ3n) is 2.36. The molecule has 1 amide bonds. The maximum Gasteiger partial charge on any atom is 0.408 e. The second-order valence-electron chi connectivity index (χ2n) is 3.59. The van der Waals surface area contributed by atoms with Crippen LogP contribution >= 0.6 is 24.0 Å². The summed E-state index contributed by atoms with van der Waals surface area (Å²) in [5.74, 6) is -3.98. The smallest absolute Gasteiger partial charge is 0.408 e. The van der Waals surface area contributed by atoms with E-state index in [0.717, 1.165) is 18.2 Å². The number of hydrogen-bond donors (Lipinski definition) is 1. The van der Waals surface area contributed by atoms with Gasteiger partial charge >= 0.3 is 12.0 Å². The number of amides is 1. The maximum absolute atomic E-state index is 13.5. The minimum absolute atomic E-state index is 0. The highest BCUT2D eigenvalue weighted by molar-refractivity contribution is 6.30. The molecule has 100 valence electrons. The molecule has 3 nitrogen and oxygen atoms in total. The van der Waals surface area contributed by atoms with E-state index < -0.39 is 30.5 Å². The standard InChI is InChI=1S/C10H7ClF3NO2.ClH/c11-6-3-5(1-2-7(6)12)8-10(13,14)4-17-9(16)15-8;/h1-3,8H,4H2,(H,15,16);1H/t8-;/m1./s1. The van der Waals surface area contributed by atoms with E-state index in [1.807, 2.05) is 5.32 Å². The van der Waals surface area contributed by atoms with Gasteiger partial charge in [0, 0.05) is 0 Å². The number of nitrogens with one attached hydrogen (secondary N) is 1. The number of alkyl carbamates (subject to hydrolysis) is 1. The maximum atomic E-state index is 13.5. The molecule has 18 heavy (non-hydrogen) atoms. The van der Waals surface area contributed by atoms with Gasteiger partial charge in [-0.25, -0.2) is 18.0 Å². The molecule has 0 bridgehead atoms. The fraction of sp³-hybridized carbons (Fsp3) is 0.300. The number of benzene rings is 1. The quantitative estimate of drug-likeness (QED) is 0.864. The van der Waals surface area contributed by atoms with Crippen LogP contribution in [0.25, 0.3) is 0 Å². The Kier molecular flexibility index (Phi) is 4.34. The first-order valence-electron chi connectivity index (χ1n) is 4.66. The van der Waals surface area contributed by atoms with Gasteiger partial charge in [0.2, 0.25) is 0 Å².